The van der Waals surface area contributed by atoms with Crippen LogP contribution in [-0.4, -0.2) is 9.97 Å². The number of hydrogen-bond donors (Lipinski definition) is 2. The van der Waals surface area contributed by atoms with E-state index in [1.165, 1.54) is 12.1 Å². The number of thiocarbonyl (C=S) groups is 1. The Morgan fingerprint density at radius 2 is 2.17 bits per heavy atom. The summed E-state index contributed by atoms with van der Waals surface area (Å²) in [5.41, 5.74) is 6.78. The molecule has 0 aliphatic rings. The Morgan fingerprint density at radius 1 is 1.39 bits per heavy atom. The largest absolute Gasteiger partial charge is 0.389 e. The molecule has 0 saturated heterocycles. The fourth-order valence-corrected chi connectivity index (χ4v) is 1.94. The molecule has 0 saturated carbocycles. The minimum absolute atomic E-state index is 0.234. The molecule has 18 heavy (non-hydrogen) atoms. The number of halogens is 2. The van der Waals surface area contributed by atoms with Gasteiger partial charge in [0.25, 0.3) is 0 Å². The van der Waals surface area contributed by atoms with Crippen LogP contribution in [0.5, 0.6) is 0 Å². The van der Waals surface area contributed by atoms with Crippen molar-refractivity contribution in [1.29, 1.82) is 0 Å². The van der Waals surface area contributed by atoms with Crippen LogP contribution in [0.1, 0.15) is 5.56 Å². The highest BCUT2D eigenvalue weighted by Crippen LogP contribution is 2.27. The maximum absolute atomic E-state index is 13.2. The normalized spacial score (nSPS) is 10.1. The van der Waals surface area contributed by atoms with Gasteiger partial charge in [-0.2, -0.15) is 0 Å². The Morgan fingerprint density at radius 3 is 2.89 bits per heavy atom. The van der Waals surface area contributed by atoms with Crippen LogP contribution in [0.2, 0.25) is 0 Å². The van der Waals surface area contributed by atoms with E-state index in [1.807, 2.05) is 0 Å². The van der Waals surface area contributed by atoms with E-state index in [0.717, 1.165) is 4.47 Å². The van der Waals surface area contributed by atoms with Gasteiger partial charge in [0.2, 0.25) is 0 Å². The van der Waals surface area contributed by atoms with Gasteiger partial charge in [-0.1, -0.05) is 12.2 Å². The maximum Gasteiger partial charge on any atom is 0.140 e. The third kappa shape index (κ3) is 2.83. The lowest BCUT2D eigenvalue weighted by molar-refractivity contribution is 0.628. The van der Waals surface area contributed by atoms with Crippen LogP contribution < -0.4 is 11.1 Å². The molecule has 0 unspecified atom stereocenters. The summed E-state index contributed by atoms with van der Waals surface area (Å²) in [6.45, 7) is 0. The molecule has 92 valence electrons. The summed E-state index contributed by atoms with van der Waals surface area (Å²) < 4.78 is 13.9. The lowest BCUT2D eigenvalue weighted by atomic mass is 10.2. The molecule has 6 heteroatoms. The maximum atomic E-state index is 13.2. The van der Waals surface area contributed by atoms with Gasteiger partial charge < -0.3 is 11.1 Å². The molecular formula is C12H9BrFN3S. The summed E-state index contributed by atoms with van der Waals surface area (Å²) in [5, 5.41) is 3.00. The van der Waals surface area contributed by atoms with Crippen molar-refractivity contribution in [3.05, 3.63) is 52.4 Å². The highest BCUT2D eigenvalue weighted by Gasteiger charge is 2.08. The summed E-state index contributed by atoms with van der Waals surface area (Å²) in [6.07, 6.45) is 1.61. The van der Waals surface area contributed by atoms with E-state index in [2.05, 4.69) is 26.2 Å². The monoisotopic (exact) mass is 325 g/mol. The van der Waals surface area contributed by atoms with Gasteiger partial charge in [-0.25, -0.2) is 9.37 Å². The van der Waals surface area contributed by atoms with Gasteiger partial charge in [0.1, 0.15) is 16.6 Å². The number of hydrogen-bond acceptors (Lipinski definition) is 3. The Bertz CT molecular complexity index is 604. The van der Waals surface area contributed by atoms with E-state index >= 15 is 0 Å². The Labute approximate surface area is 117 Å². The minimum atomic E-state index is -0.339. The molecule has 2 aromatic rings. The summed E-state index contributed by atoms with van der Waals surface area (Å²) in [6, 6.07) is 7.83. The quantitative estimate of drug-likeness (QED) is 0.849. The molecule has 0 aliphatic heterocycles. The first-order valence-corrected chi connectivity index (χ1v) is 6.25. The van der Waals surface area contributed by atoms with Crippen molar-refractivity contribution >= 4 is 44.6 Å². The third-order valence-corrected chi connectivity index (χ3v) is 3.17. The van der Waals surface area contributed by atoms with E-state index in [-0.39, 0.29) is 10.8 Å². The average Bonchev–Trinajstić information content (AvgIpc) is 2.34. The zero-order valence-electron chi connectivity index (χ0n) is 9.15. The highest BCUT2D eigenvalue weighted by molar-refractivity contribution is 9.10. The zero-order chi connectivity index (χ0) is 13.1. The predicted molar refractivity (Wildman–Crippen MR) is 77.5 cm³/mol. The van der Waals surface area contributed by atoms with E-state index < -0.39 is 0 Å². The molecule has 0 spiro atoms. The van der Waals surface area contributed by atoms with Crippen LogP contribution >= 0.6 is 28.1 Å². The second-order valence-electron chi connectivity index (χ2n) is 3.51. The van der Waals surface area contributed by atoms with Crippen molar-refractivity contribution in [2.75, 3.05) is 5.32 Å². The SMILES string of the molecule is NC(=S)c1cccnc1Nc1cc(F)ccc1Br. The van der Waals surface area contributed by atoms with Gasteiger partial charge in [-0.3, -0.25) is 0 Å². The van der Waals surface area contributed by atoms with Crippen LogP contribution in [-0.2, 0) is 0 Å². The molecule has 0 bridgehead atoms. The van der Waals surface area contributed by atoms with E-state index in [4.69, 9.17) is 18.0 Å². The highest BCUT2D eigenvalue weighted by atomic mass is 79.9. The molecule has 1 heterocycles. The lowest BCUT2D eigenvalue weighted by Gasteiger charge is -2.11. The van der Waals surface area contributed by atoms with Gasteiger partial charge in [-0.05, 0) is 46.3 Å². The van der Waals surface area contributed by atoms with E-state index in [0.29, 0.717) is 17.1 Å². The molecule has 3 N–H and O–H groups in total. The molecule has 0 radical (unpaired) electrons. The number of aromatic nitrogens is 1. The third-order valence-electron chi connectivity index (χ3n) is 2.25. The van der Waals surface area contributed by atoms with Crippen molar-refractivity contribution in [2.24, 2.45) is 5.73 Å². The first kappa shape index (κ1) is 12.9. The smallest absolute Gasteiger partial charge is 0.140 e. The summed E-state index contributed by atoms with van der Waals surface area (Å²) in [7, 11) is 0. The standard InChI is InChI=1S/C12H9BrFN3S/c13-9-4-3-7(14)6-10(9)17-12-8(11(15)18)2-1-5-16-12/h1-6H,(H2,15,18)(H,16,17). The van der Waals surface area contributed by atoms with Crippen LogP contribution in [0, 0.1) is 5.82 Å². The summed E-state index contributed by atoms with van der Waals surface area (Å²) in [4.78, 5) is 4.38. The fourth-order valence-electron chi connectivity index (χ4n) is 1.42. The van der Waals surface area contributed by atoms with Crippen LogP contribution in [0.25, 0.3) is 0 Å². The van der Waals surface area contributed by atoms with Crippen molar-refractivity contribution in [2.45, 2.75) is 0 Å². The molecule has 0 amide bonds. The number of nitrogens with one attached hydrogen (secondary N) is 1. The molecule has 1 aromatic carbocycles. The Balaban J connectivity index is 2.40. The van der Waals surface area contributed by atoms with Gasteiger partial charge in [-0.15, -0.1) is 0 Å². The number of anilines is 2. The van der Waals surface area contributed by atoms with Crippen molar-refractivity contribution in [1.82, 2.24) is 4.98 Å². The number of pyridine rings is 1. The second-order valence-corrected chi connectivity index (χ2v) is 4.81. The topological polar surface area (TPSA) is 50.9 Å². The van der Waals surface area contributed by atoms with Gasteiger partial charge in [0, 0.05) is 10.7 Å². The van der Waals surface area contributed by atoms with Crippen molar-refractivity contribution in [3.63, 3.8) is 0 Å². The van der Waals surface area contributed by atoms with Gasteiger partial charge in [0.05, 0.1) is 11.3 Å². The molecule has 3 nitrogen and oxygen atoms in total. The molecule has 0 atom stereocenters. The first-order valence-electron chi connectivity index (χ1n) is 5.05. The lowest BCUT2D eigenvalue weighted by Crippen LogP contribution is -2.12. The van der Waals surface area contributed by atoms with Crippen molar-refractivity contribution in [3.8, 4) is 0 Å². The van der Waals surface area contributed by atoms with Crippen LogP contribution in [0.15, 0.2) is 41.0 Å². The summed E-state index contributed by atoms with van der Waals surface area (Å²) >= 11 is 8.26. The Kier molecular flexibility index (Phi) is 3.88. The predicted octanol–water partition coefficient (Wildman–Crippen LogP) is 3.36. The molecule has 0 aliphatic carbocycles. The second kappa shape index (κ2) is 5.41. The molecule has 0 fully saturated rings. The fraction of sp³-hybridized carbons (Fsp3) is 0. The number of rotatable bonds is 3. The average molecular weight is 326 g/mol. The molecular weight excluding hydrogens is 317 g/mol. The van der Waals surface area contributed by atoms with Gasteiger partial charge in [0.15, 0.2) is 0 Å². The summed E-state index contributed by atoms with van der Waals surface area (Å²) in [5.74, 6) is 0.157. The molecule has 2 rings (SSSR count). The van der Waals surface area contributed by atoms with Crippen LogP contribution in [0.4, 0.5) is 15.9 Å². The Hall–Kier alpha value is -1.53. The van der Waals surface area contributed by atoms with E-state index in [9.17, 15) is 4.39 Å². The van der Waals surface area contributed by atoms with E-state index in [1.54, 1.807) is 24.4 Å². The molecule has 1 aromatic heterocycles. The van der Waals surface area contributed by atoms with Crippen LogP contribution in [0.3, 0.4) is 0 Å². The van der Waals surface area contributed by atoms with Crippen molar-refractivity contribution < 1.29 is 4.39 Å². The zero-order valence-corrected chi connectivity index (χ0v) is 11.6. The minimum Gasteiger partial charge on any atom is -0.389 e. The first-order chi connectivity index (χ1) is 8.58. The number of nitrogens with two attached hydrogens (primary N) is 1. The number of benzene rings is 1. The van der Waals surface area contributed by atoms with Gasteiger partial charge >= 0.3 is 0 Å². The number of nitrogens with zero attached hydrogens (tertiary/aromatic N) is 1.